The van der Waals surface area contributed by atoms with Crippen molar-refractivity contribution in [1.82, 2.24) is 5.32 Å². The molecule has 0 aromatic carbocycles. The maximum absolute atomic E-state index is 11.9. The van der Waals surface area contributed by atoms with E-state index in [1.807, 2.05) is 0 Å². The molecule has 3 unspecified atom stereocenters. The SMILES string of the molecule is CCC1OCCC1CNC(=O)CCC(CCN)C(C)C. The van der Waals surface area contributed by atoms with Crippen molar-refractivity contribution in [2.45, 2.75) is 59.0 Å². The minimum atomic E-state index is 0.175. The minimum absolute atomic E-state index is 0.175. The van der Waals surface area contributed by atoms with Gasteiger partial charge in [-0.15, -0.1) is 0 Å². The molecule has 1 amide bonds. The van der Waals surface area contributed by atoms with Crippen molar-refractivity contribution in [2.75, 3.05) is 19.7 Å². The normalized spacial score (nSPS) is 24.1. The highest BCUT2D eigenvalue weighted by atomic mass is 16.5. The van der Waals surface area contributed by atoms with E-state index in [4.69, 9.17) is 10.5 Å². The highest BCUT2D eigenvalue weighted by molar-refractivity contribution is 5.75. The fourth-order valence-electron chi connectivity index (χ4n) is 3.05. The molecule has 0 aliphatic carbocycles. The Morgan fingerprint density at radius 3 is 2.75 bits per heavy atom. The first-order chi connectivity index (χ1) is 9.58. The Labute approximate surface area is 123 Å². The molecule has 0 spiro atoms. The van der Waals surface area contributed by atoms with Crippen molar-refractivity contribution in [3.8, 4) is 0 Å². The summed E-state index contributed by atoms with van der Waals surface area (Å²) >= 11 is 0. The average molecular weight is 284 g/mol. The van der Waals surface area contributed by atoms with Crippen LogP contribution in [-0.2, 0) is 9.53 Å². The predicted octanol–water partition coefficient (Wildman–Crippen LogP) is 2.32. The zero-order chi connectivity index (χ0) is 15.0. The van der Waals surface area contributed by atoms with Crippen LogP contribution >= 0.6 is 0 Å². The third-order valence-electron chi connectivity index (χ3n) is 4.53. The van der Waals surface area contributed by atoms with Gasteiger partial charge >= 0.3 is 0 Å². The molecule has 1 saturated heterocycles. The van der Waals surface area contributed by atoms with E-state index in [-0.39, 0.29) is 5.91 Å². The number of nitrogens with two attached hydrogens (primary N) is 1. The van der Waals surface area contributed by atoms with Gasteiger partial charge in [0.2, 0.25) is 5.91 Å². The van der Waals surface area contributed by atoms with E-state index in [0.29, 0.717) is 36.8 Å². The lowest BCUT2D eigenvalue weighted by Crippen LogP contribution is -2.33. The van der Waals surface area contributed by atoms with Crippen molar-refractivity contribution >= 4 is 5.91 Å². The van der Waals surface area contributed by atoms with Crippen LogP contribution in [-0.4, -0.2) is 31.7 Å². The quantitative estimate of drug-likeness (QED) is 0.683. The molecule has 3 atom stereocenters. The van der Waals surface area contributed by atoms with E-state index in [1.165, 1.54) is 0 Å². The standard InChI is InChI=1S/C16H32N2O2/c1-4-15-14(8-10-20-15)11-18-16(19)6-5-13(7-9-17)12(2)3/h12-15H,4-11,17H2,1-3H3,(H,18,19). The van der Waals surface area contributed by atoms with Crippen LogP contribution in [0.25, 0.3) is 0 Å². The van der Waals surface area contributed by atoms with Gasteiger partial charge in [0.05, 0.1) is 6.10 Å². The van der Waals surface area contributed by atoms with Gasteiger partial charge in [0.1, 0.15) is 0 Å². The Morgan fingerprint density at radius 2 is 2.15 bits per heavy atom. The molecule has 118 valence electrons. The lowest BCUT2D eigenvalue weighted by atomic mass is 9.88. The lowest BCUT2D eigenvalue weighted by molar-refractivity contribution is -0.121. The van der Waals surface area contributed by atoms with Gasteiger partial charge in [-0.05, 0) is 44.1 Å². The number of hydrogen-bond donors (Lipinski definition) is 2. The predicted molar refractivity (Wildman–Crippen MR) is 82.4 cm³/mol. The highest BCUT2D eigenvalue weighted by Gasteiger charge is 2.26. The first kappa shape index (κ1) is 17.4. The van der Waals surface area contributed by atoms with E-state index in [0.717, 1.165) is 38.8 Å². The molecule has 1 heterocycles. The van der Waals surface area contributed by atoms with Crippen LogP contribution in [0.1, 0.15) is 52.9 Å². The molecule has 0 radical (unpaired) electrons. The fourth-order valence-corrected chi connectivity index (χ4v) is 3.05. The second kappa shape index (κ2) is 9.35. The molecule has 3 N–H and O–H groups in total. The van der Waals surface area contributed by atoms with Crippen molar-refractivity contribution < 1.29 is 9.53 Å². The molecule has 1 rings (SSSR count). The molecule has 1 aliphatic rings. The van der Waals surface area contributed by atoms with Crippen LogP contribution in [0.15, 0.2) is 0 Å². The maximum atomic E-state index is 11.9. The number of nitrogens with one attached hydrogen (secondary N) is 1. The Morgan fingerprint density at radius 1 is 1.40 bits per heavy atom. The van der Waals surface area contributed by atoms with Crippen molar-refractivity contribution in [3.05, 3.63) is 0 Å². The second-order valence-electron chi connectivity index (χ2n) is 6.29. The van der Waals surface area contributed by atoms with Crippen LogP contribution < -0.4 is 11.1 Å². The zero-order valence-corrected chi connectivity index (χ0v) is 13.4. The van der Waals surface area contributed by atoms with Gasteiger partial charge in [0.25, 0.3) is 0 Å². The number of rotatable bonds is 9. The number of hydrogen-bond acceptors (Lipinski definition) is 3. The van der Waals surface area contributed by atoms with Crippen LogP contribution in [0.5, 0.6) is 0 Å². The van der Waals surface area contributed by atoms with Crippen LogP contribution in [0.4, 0.5) is 0 Å². The smallest absolute Gasteiger partial charge is 0.220 e. The number of carbonyl (C=O) groups is 1. The molecule has 1 fully saturated rings. The largest absolute Gasteiger partial charge is 0.378 e. The van der Waals surface area contributed by atoms with Gasteiger partial charge < -0.3 is 15.8 Å². The molecule has 20 heavy (non-hydrogen) atoms. The molecular formula is C16H32N2O2. The van der Waals surface area contributed by atoms with E-state index in [2.05, 4.69) is 26.1 Å². The van der Waals surface area contributed by atoms with Gasteiger partial charge in [0, 0.05) is 25.5 Å². The molecule has 0 saturated carbocycles. The zero-order valence-electron chi connectivity index (χ0n) is 13.4. The highest BCUT2D eigenvalue weighted by Crippen LogP contribution is 2.23. The van der Waals surface area contributed by atoms with Gasteiger partial charge in [-0.3, -0.25) is 4.79 Å². The first-order valence-electron chi connectivity index (χ1n) is 8.16. The molecule has 1 aliphatic heterocycles. The van der Waals surface area contributed by atoms with Gasteiger partial charge in [-0.1, -0.05) is 20.8 Å². The third kappa shape index (κ3) is 5.80. The summed E-state index contributed by atoms with van der Waals surface area (Å²) in [5.74, 6) is 1.83. The summed E-state index contributed by atoms with van der Waals surface area (Å²) in [6, 6.07) is 0. The Hall–Kier alpha value is -0.610. The molecule has 4 nitrogen and oxygen atoms in total. The summed E-state index contributed by atoms with van der Waals surface area (Å²) in [5.41, 5.74) is 5.63. The van der Waals surface area contributed by atoms with Crippen LogP contribution in [0.2, 0.25) is 0 Å². The van der Waals surface area contributed by atoms with Crippen molar-refractivity contribution in [1.29, 1.82) is 0 Å². The summed E-state index contributed by atoms with van der Waals surface area (Å²) < 4.78 is 5.64. The Bertz CT molecular complexity index is 274. The van der Waals surface area contributed by atoms with Crippen LogP contribution in [0, 0.1) is 17.8 Å². The number of carbonyl (C=O) groups excluding carboxylic acids is 1. The Balaban J connectivity index is 2.22. The monoisotopic (exact) mass is 284 g/mol. The molecule has 0 bridgehead atoms. The number of ether oxygens (including phenoxy) is 1. The molecular weight excluding hydrogens is 252 g/mol. The average Bonchev–Trinajstić information content (AvgIpc) is 2.88. The van der Waals surface area contributed by atoms with Crippen LogP contribution in [0.3, 0.4) is 0 Å². The van der Waals surface area contributed by atoms with Crippen molar-refractivity contribution in [2.24, 2.45) is 23.5 Å². The van der Waals surface area contributed by atoms with Gasteiger partial charge in [0.15, 0.2) is 0 Å². The van der Waals surface area contributed by atoms with E-state index < -0.39 is 0 Å². The summed E-state index contributed by atoms with van der Waals surface area (Å²) in [4.78, 5) is 11.9. The first-order valence-corrected chi connectivity index (χ1v) is 8.16. The topological polar surface area (TPSA) is 64.3 Å². The van der Waals surface area contributed by atoms with E-state index >= 15 is 0 Å². The molecule has 0 aromatic heterocycles. The minimum Gasteiger partial charge on any atom is -0.378 e. The molecule has 0 aromatic rings. The number of amides is 1. The summed E-state index contributed by atoms with van der Waals surface area (Å²) in [5, 5.41) is 3.08. The van der Waals surface area contributed by atoms with E-state index in [9.17, 15) is 4.79 Å². The summed E-state index contributed by atoms with van der Waals surface area (Å²) in [6.07, 6.45) is 5.01. The Kier molecular flexibility index (Phi) is 8.15. The lowest BCUT2D eigenvalue weighted by Gasteiger charge is -2.20. The fraction of sp³-hybridized carbons (Fsp3) is 0.938. The third-order valence-corrected chi connectivity index (χ3v) is 4.53. The second-order valence-corrected chi connectivity index (χ2v) is 6.29. The summed E-state index contributed by atoms with van der Waals surface area (Å²) in [6.45, 7) is 8.87. The van der Waals surface area contributed by atoms with Gasteiger partial charge in [-0.2, -0.15) is 0 Å². The van der Waals surface area contributed by atoms with Crippen molar-refractivity contribution in [3.63, 3.8) is 0 Å². The molecule has 4 heteroatoms. The van der Waals surface area contributed by atoms with Gasteiger partial charge in [-0.25, -0.2) is 0 Å². The summed E-state index contributed by atoms with van der Waals surface area (Å²) in [7, 11) is 0. The van der Waals surface area contributed by atoms with E-state index in [1.54, 1.807) is 0 Å². The maximum Gasteiger partial charge on any atom is 0.220 e.